The summed E-state index contributed by atoms with van der Waals surface area (Å²) in [5, 5.41) is 3.27. The van der Waals surface area contributed by atoms with E-state index in [2.05, 4.69) is 81.2 Å². The zero-order chi connectivity index (χ0) is 26.9. The Kier molecular flexibility index (Phi) is 7.93. The van der Waals surface area contributed by atoms with Crippen molar-refractivity contribution >= 4 is 32.8 Å². The van der Waals surface area contributed by atoms with Crippen LogP contribution < -0.4 is 0 Å². The van der Waals surface area contributed by atoms with Crippen molar-refractivity contribution < 1.29 is 24.5 Å². The molecule has 0 aliphatic carbocycles. The molecule has 3 aromatic heterocycles. The van der Waals surface area contributed by atoms with Crippen molar-refractivity contribution in [2.75, 3.05) is 0 Å². The van der Waals surface area contributed by atoms with Gasteiger partial charge in [0.15, 0.2) is 0 Å². The summed E-state index contributed by atoms with van der Waals surface area (Å²) in [7, 11) is 0. The Morgan fingerprint density at radius 1 is 0.725 bits per heavy atom. The second-order valence-corrected chi connectivity index (χ2v) is 9.98. The van der Waals surface area contributed by atoms with Crippen LogP contribution in [0.25, 0.3) is 55.4 Å². The number of hydrogen-bond donors (Lipinski definition) is 0. The van der Waals surface area contributed by atoms with Crippen LogP contribution in [0, 0.1) is 39.8 Å². The Bertz CT molecular complexity index is 1890. The Balaban J connectivity index is 0.000000209. The van der Waals surface area contributed by atoms with Gasteiger partial charge in [-0.15, -0.1) is 70.8 Å². The normalized spacial score (nSPS) is 10.8. The molecule has 3 nitrogen and oxygen atoms in total. The number of nitrogens with zero attached hydrogens (tertiary/aromatic N) is 2. The minimum Gasteiger partial charge on any atom is -0.456 e. The average molecular weight is 697 g/mol. The largest absolute Gasteiger partial charge is 0.456 e. The van der Waals surface area contributed by atoms with Crippen LogP contribution in [-0.2, 0) is 20.1 Å². The third-order valence-electron chi connectivity index (χ3n) is 6.80. The fourth-order valence-electron chi connectivity index (χ4n) is 5.25. The number of pyridine rings is 2. The first-order valence-corrected chi connectivity index (χ1v) is 13.1. The molecule has 0 bridgehead atoms. The number of fused-ring (bicyclic) bond motifs is 5. The number of aryl methyl sites for hydroxylation is 4. The molecule has 0 saturated carbocycles. The first-order chi connectivity index (χ1) is 19.0. The molecule has 4 heteroatoms. The minimum absolute atomic E-state index is 0. The van der Waals surface area contributed by atoms with Gasteiger partial charge in [0.05, 0.1) is 5.52 Å². The molecule has 3 heterocycles. The predicted molar refractivity (Wildman–Crippen MR) is 161 cm³/mol. The van der Waals surface area contributed by atoms with Gasteiger partial charge in [0.2, 0.25) is 0 Å². The maximum Gasteiger partial charge on any atom is 0.137 e. The van der Waals surface area contributed by atoms with E-state index in [0.29, 0.717) is 0 Å². The van der Waals surface area contributed by atoms with Crippen molar-refractivity contribution in [2.45, 2.75) is 27.7 Å². The molecule has 0 saturated heterocycles. The van der Waals surface area contributed by atoms with Crippen LogP contribution in [0.2, 0.25) is 0 Å². The maximum atomic E-state index is 6.36. The van der Waals surface area contributed by atoms with Gasteiger partial charge >= 0.3 is 0 Å². The number of rotatable bonds is 2. The van der Waals surface area contributed by atoms with Crippen LogP contribution >= 0.6 is 0 Å². The van der Waals surface area contributed by atoms with Gasteiger partial charge in [-0.1, -0.05) is 50.2 Å². The van der Waals surface area contributed by atoms with Crippen LogP contribution in [0.4, 0.5) is 0 Å². The van der Waals surface area contributed by atoms with Crippen LogP contribution in [0.5, 0.6) is 0 Å². The summed E-state index contributed by atoms with van der Waals surface area (Å²) in [6.07, 6.45) is 1.79. The topological polar surface area (TPSA) is 38.9 Å². The van der Waals surface area contributed by atoms with Crippen LogP contribution in [0.15, 0.2) is 102 Å². The molecule has 1 radical (unpaired) electrons. The molecule has 0 unspecified atom stereocenters. The zero-order valence-electron chi connectivity index (χ0n) is 22.9. The van der Waals surface area contributed by atoms with E-state index in [4.69, 9.17) is 9.40 Å². The summed E-state index contributed by atoms with van der Waals surface area (Å²) < 4.78 is 6.36. The molecule has 0 aliphatic rings. The maximum absolute atomic E-state index is 6.36. The summed E-state index contributed by atoms with van der Waals surface area (Å²) in [6.45, 7) is 8.44. The van der Waals surface area contributed by atoms with Crippen LogP contribution in [-0.4, -0.2) is 9.97 Å². The van der Waals surface area contributed by atoms with Gasteiger partial charge in [-0.3, -0.25) is 4.98 Å². The molecule has 0 fully saturated rings. The molecule has 0 aliphatic heterocycles. The molecule has 7 rings (SSSR count). The van der Waals surface area contributed by atoms with E-state index in [1.165, 1.54) is 16.7 Å². The number of aromatic nitrogens is 2. The average Bonchev–Trinajstić information content (AvgIpc) is 3.32. The van der Waals surface area contributed by atoms with Gasteiger partial charge in [0, 0.05) is 48.2 Å². The van der Waals surface area contributed by atoms with E-state index in [1.807, 2.05) is 54.6 Å². The number of para-hydroxylation sites is 1. The Morgan fingerprint density at radius 2 is 1.50 bits per heavy atom. The third-order valence-corrected chi connectivity index (χ3v) is 6.80. The van der Waals surface area contributed by atoms with Gasteiger partial charge in [-0.25, -0.2) is 0 Å². The second kappa shape index (κ2) is 11.6. The van der Waals surface area contributed by atoms with Crippen LogP contribution in [0.3, 0.4) is 0 Å². The SMILES string of the molecule is Cc1[c-]c(-c2nc3cc(C)cc(C)c3c3oc4ccccc4c23)cc(C)c1.[Ir].[c-]1ccccc1-c1ccccn1. The summed E-state index contributed by atoms with van der Waals surface area (Å²) in [6, 6.07) is 37.2. The molecular weight excluding hydrogens is 669 g/mol. The van der Waals surface area contributed by atoms with Gasteiger partial charge in [0.25, 0.3) is 0 Å². The van der Waals surface area contributed by atoms with Crippen molar-refractivity contribution in [2.24, 2.45) is 0 Å². The van der Waals surface area contributed by atoms with Crippen molar-refractivity contribution in [3.05, 3.63) is 132 Å². The fourth-order valence-corrected chi connectivity index (χ4v) is 5.25. The number of hydrogen-bond acceptors (Lipinski definition) is 3. The van der Waals surface area contributed by atoms with Crippen molar-refractivity contribution in [3.63, 3.8) is 0 Å². The van der Waals surface area contributed by atoms with Crippen molar-refractivity contribution in [3.8, 4) is 22.5 Å². The van der Waals surface area contributed by atoms with Gasteiger partial charge in [-0.05, 0) is 48.9 Å². The molecule has 0 spiro atoms. The fraction of sp³-hybridized carbons (Fsp3) is 0.111. The third kappa shape index (κ3) is 5.34. The van der Waals surface area contributed by atoms with E-state index in [1.54, 1.807) is 6.20 Å². The molecule has 199 valence electrons. The zero-order valence-corrected chi connectivity index (χ0v) is 25.3. The molecule has 0 amide bonds. The molecule has 0 atom stereocenters. The summed E-state index contributed by atoms with van der Waals surface area (Å²) >= 11 is 0. The van der Waals surface area contributed by atoms with Gasteiger partial charge in [-0.2, -0.15) is 0 Å². The summed E-state index contributed by atoms with van der Waals surface area (Å²) in [5.41, 5.74) is 11.5. The summed E-state index contributed by atoms with van der Waals surface area (Å²) in [5.74, 6) is 0. The van der Waals surface area contributed by atoms with E-state index in [9.17, 15) is 0 Å². The molecule has 0 N–H and O–H groups in total. The minimum atomic E-state index is 0. The Labute approximate surface area is 248 Å². The molecule has 4 aromatic carbocycles. The van der Waals surface area contributed by atoms with Crippen LogP contribution in [0.1, 0.15) is 22.3 Å². The predicted octanol–water partition coefficient (Wildman–Crippen LogP) is 9.38. The Hall–Kier alpha value is -4.11. The smallest absolute Gasteiger partial charge is 0.137 e. The van der Waals surface area contributed by atoms with E-state index < -0.39 is 0 Å². The van der Waals surface area contributed by atoms with Gasteiger partial charge < -0.3 is 9.40 Å². The standard InChI is InChI=1S/C25H20NO.C11H8N.Ir/c1-14-9-15(2)12-18(11-14)24-23-19-7-5-6-8-21(19)27-25(23)22-17(4)10-16(3)13-20(22)26-24;1-2-6-10(7-3-1)11-8-4-5-9-12-11;/h5-11,13H,1-4H3;1-6,8-9H;/q2*-1;. The van der Waals surface area contributed by atoms with E-state index in [0.717, 1.165) is 60.9 Å². The quantitative estimate of drug-likeness (QED) is 0.169. The molecular formula is C36H28IrN2O-2. The summed E-state index contributed by atoms with van der Waals surface area (Å²) in [4.78, 5) is 9.33. The van der Waals surface area contributed by atoms with Crippen molar-refractivity contribution in [1.82, 2.24) is 9.97 Å². The number of benzene rings is 4. The monoisotopic (exact) mass is 697 g/mol. The first-order valence-electron chi connectivity index (χ1n) is 13.1. The van der Waals surface area contributed by atoms with E-state index >= 15 is 0 Å². The van der Waals surface area contributed by atoms with Crippen molar-refractivity contribution in [1.29, 1.82) is 0 Å². The Morgan fingerprint density at radius 3 is 2.25 bits per heavy atom. The van der Waals surface area contributed by atoms with E-state index in [-0.39, 0.29) is 20.1 Å². The van der Waals surface area contributed by atoms with Gasteiger partial charge in [0.1, 0.15) is 11.2 Å². The molecule has 40 heavy (non-hydrogen) atoms. The molecule has 7 aromatic rings. The second-order valence-electron chi connectivity index (χ2n) is 9.98. The first kappa shape index (κ1) is 27.5. The number of furan rings is 1.